The van der Waals surface area contributed by atoms with Gasteiger partial charge in [-0.15, -0.1) is 0 Å². The number of para-hydroxylation sites is 1. The highest BCUT2D eigenvalue weighted by molar-refractivity contribution is 5.86. The fraction of sp³-hybridized carbons (Fsp3) is 0.211. The molecule has 2 N–H and O–H groups in total. The smallest absolute Gasteiger partial charge is 0.305 e. The number of aryl methyl sites for hydroxylation is 1. The monoisotopic (exact) mass is 338 g/mol. The molecule has 0 saturated carbocycles. The van der Waals surface area contributed by atoms with Crippen molar-refractivity contribution in [2.75, 3.05) is 0 Å². The van der Waals surface area contributed by atoms with Crippen LogP contribution in [0.15, 0.2) is 53.1 Å². The predicted molar refractivity (Wildman–Crippen MR) is 92.0 cm³/mol. The lowest BCUT2D eigenvalue weighted by atomic mass is 10.0. The van der Waals surface area contributed by atoms with Crippen molar-refractivity contribution in [3.05, 3.63) is 65.4 Å². The van der Waals surface area contributed by atoms with Gasteiger partial charge in [0.05, 0.1) is 18.9 Å². The molecule has 0 aliphatic heterocycles. The Morgan fingerprint density at radius 1 is 1.16 bits per heavy atom. The Bertz CT molecular complexity index is 899. The molecule has 0 fully saturated rings. The van der Waals surface area contributed by atoms with Crippen LogP contribution in [-0.2, 0) is 16.0 Å². The normalized spacial score (nSPS) is 12.0. The Morgan fingerprint density at radius 3 is 2.60 bits per heavy atom. The highest BCUT2D eigenvalue weighted by Crippen LogP contribution is 2.20. The van der Waals surface area contributed by atoms with Crippen molar-refractivity contribution in [2.45, 2.75) is 25.8 Å². The van der Waals surface area contributed by atoms with Crippen molar-refractivity contribution >= 4 is 22.8 Å². The van der Waals surface area contributed by atoms with Crippen LogP contribution in [0.3, 0.4) is 0 Å². The van der Waals surface area contributed by atoms with Crippen molar-refractivity contribution < 1.29 is 19.2 Å². The molecule has 1 atom stereocenters. The number of nitrogens with one attached hydrogen (secondary N) is 1. The quantitative estimate of drug-likeness (QED) is 0.721. The lowest BCUT2D eigenvalue weighted by Gasteiger charge is -2.17. The van der Waals surface area contributed by atoms with Crippen molar-refractivity contribution in [2.24, 2.45) is 0 Å². The Kier molecular flexibility index (Phi) is 4.79. The Morgan fingerprint density at radius 2 is 1.88 bits per heavy atom. The highest BCUT2D eigenvalue weighted by atomic mass is 16.5. The minimum Gasteiger partial charge on any atom is -0.481 e. The number of hydrogen-bond acceptors (Lipinski definition) is 4. The molecule has 6 nitrogen and oxygen atoms in total. The maximum atomic E-state index is 12.4. The molecule has 128 valence electrons. The van der Waals surface area contributed by atoms with Gasteiger partial charge in [-0.25, -0.2) is 0 Å². The molecule has 0 radical (unpaired) electrons. The number of aliphatic carboxylic acids is 1. The third kappa shape index (κ3) is 4.03. The number of hydrogen-bond donors (Lipinski definition) is 2. The average molecular weight is 338 g/mol. The third-order valence-electron chi connectivity index (χ3n) is 3.97. The van der Waals surface area contributed by atoms with E-state index in [0.29, 0.717) is 11.3 Å². The van der Waals surface area contributed by atoms with Gasteiger partial charge in [-0.3, -0.25) is 9.59 Å². The van der Waals surface area contributed by atoms with E-state index >= 15 is 0 Å². The first kappa shape index (κ1) is 16.7. The SMILES string of the molecule is Cc1ccc([C@@H](CC(=O)O)NC(=O)Cc2noc3ccccc23)cc1. The number of fused-ring (bicyclic) bond motifs is 1. The summed E-state index contributed by atoms with van der Waals surface area (Å²) in [5.74, 6) is -1.27. The zero-order chi connectivity index (χ0) is 17.8. The summed E-state index contributed by atoms with van der Waals surface area (Å²) in [6.07, 6.45) is -0.159. The van der Waals surface area contributed by atoms with Crippen LogP contribution in [0.4, 0.5) is 0 Å². The molecule has 0 aliphatic carbocycles. The highest BCUT2D eigenvalue weighted by Gasteiger charge is 2.20. The van der Waals surface area contributed by atoms with E-state index in [1.807, 2.05) is 49.4 Å². The van der Waals surface area contributed by atoms with Crippen molar-refractivity contribution in [1.29, 1.82) is 0 Å². The Labute approximate surface area is 144 Å². The van der Waals surface area contributed by atoms with E-state index in [-0.39, 0.29) is 18.7 Å². The summed E-state index contributed by atoms with van der Waals surface area (Å²) in [5, 5.41) is 16.6. The van der Waals surface area contributed by atoms with E-state index in [9.17, 15) is 9.59 Å². The van der Waals surface area contributed by atoms with Gasteiger partial charge in [0.1, 0.15) is 5.69 Å². The van der Waals surface area contributed by atoms with Crippen LogP contribution in [0.1, 0.15) is 29.3 Å². The van der Waals surface area contributed by atoms with Crippen LogP contribution in [0, 0.1) is 6.92 Å². The predicted octanol–water partition coefficient (Wildman–Crippen LogP) is 3.01. The largest absolute Gasteiger partial charge is 0.481 e. The third-order valence-corrected chi connectivity index (χ3v) is 3.97. The number of rotatable bonds is 6. The number of carbonyl (C=O) groups excluding carboxylic acids is 1. The van der Waals surface area contributed by atoms with Crippen LogP contribution < -0.4 is 5.32 Å². The standard InChI is InChI=1S/C19H18N2O4/c1-12-6-8-13(9-7-12)15(11-19(23)24)20-18(22)10-16-14-4-2-3-5-17(14)25-21-16/h2-9,15H,10-11H2,1H3,(H,20,22)(H,23,24)/t15-/m1/s1. The van der Waals surface area contributed by atoms with Gasteiger partial charge in [0.15, 0.2) is 5.58 Å². The van der Waals surface area contributed by atoms with Gasteiger partial charge < -0.3 is 14.9 Å². The van der Waals surface area contributed by atoms with Gasteiger partial charge in [0.2, 0.25) is 5.91 Å². The van der Waals surface area contributed by atoms with E-state index in [4.69, 9.17) is 9.63 Å². The summed E-state index contributed by atoms with van der Waals surface area (Å²) < 4.78 is 5.19. The fourth-order valence-electron chi connectivity index (χ4n) is 2.69. The molecular weight excluding hydrogens is 320 g/mol. The Balaban J connectivity index is 1.75. The van der Waals surface area contributed by atoms with Crippen LogP contribution in [0.25, 0.3) is 11.0 Å². The van der Waals surface area contributed by atoms with Gasteiger partial charge in [0.25, 0.3) is 0 Å². The molecule has 0 spiro atoms. The van der Waals surface area contributed by atoms with Gasteiger partial charge in [0, 0.05) is 5.39 Å². The molecular formula is C19H18N2O4. The first-order valence-electron chi connectivity index (χ1n) is 7.94. The minimum absolute atomic E-state index is 0.0268. The molecule has 0 saturated heterocycles. The maximum Gasteiger partial charge on any atom is 0.305 e. The maximum absolute atomic E-state index is 12.4. The number of carboxylic acid groups (broad SMARTS) is 1. The first-order valence-corrected chi connectivity index (χ1v) is 7.94. The number of nitrogens with zero attached hydrogens (tertiary/aromatic N) is 1. The summed E-state index contributed by atoms with van der Waals surface area (Å²) in [5.41, 5.74) is 2.97. The zero-order valence-corrected chi connectivity index (χ0v) is 13.7. The van der Waals surface area contributed by atoms with Crippen molar-refractivity contribution in [3.63, 3.8) is 0 Å². The first-order chi connectivity index (χ1) is 12.0. The van der Waals surface area contributed by atoms with Gasteiger partial charge in [-0.2, -0.15) is 0 Å². The lowest BCUT2D eigenvalue weighted by molar-refractivity contribution is -0.137. The van der Waals surface area contributed by atoms with Crippen LogP contribution >= 0.6 is 0 Å². The second kappa shape index (κ2) is 7.17. The fourth-order valence-corrected chi connectivity index (χ4v) is 2.69. The molecule has 3 aromatic rings. The number of amides is 1. The van der Waals surface area contributed by atoms with Crippen LogP contribution in [-0.4, -0.2) is 22.1 Å². The van der Waals surface area contributed by atoms with Crippen molar-refractivity contribution in [3.8, 4) is 0 Å². The molecule has 0 bridgehead atoms. The van der Waals surface area contributed by atoms with E-state index in [0.717, 1.165) is 16.5 Å². The van der Waals surface area contributed by atoms with E-state index in [2.05, 4.69) is 10.5 Å². The summed E-state index contributed by atoms with van der Waals surface area (Å²) >= 11 is 0. The molecule has 0 aliphatic rings. The zero-order valence-electron chi connectivity index (χ0n) is 13.7. The topological polar surface area (TPSA) is 92.4 Å². The molecule has 1 aromatic heterocycles. The molecule has 2 aromatic carbocycles. The number of carboxylic acids is 1. The molecule has 0 unspecified atom stereocenters. The summed E-state index contributed by atoms with van der Waals surface area (Å²) in [7, 11) is 0. The minimum atomic E-state index is -0.974. The van der Waals surface area contributed by atoms with E-state index in [1.165, 1.54) is 0 Å². The average Bonchev–Trinajstić information content (AvgIpc) is 2.98. The van der Waals surface area contributed by atoms with Gasteiger partial charge in [-0.05, 0) is 24.6 Å². The second-order valence-electron chi connectivity index (χ2n) is 5.93. The van der Waals surface area contributed by atoms with Crippen LogP contribution in [0.2, 0.25) is 0 Å². The molecule has 3 rings (SSSR count). The molecule has 25 heavy (non-hydrogen) atoms. The number of benzene rings is 2. The summed E-state index contributed by atoms with van der Waals surface area (Å²) in [6.45, 7) is 1.95. The molecule has 6 heteroatoms. The molecule has 1 amide bonds. The van der Waals surface area contributed by atoms with E-state index in [1.54, 1.807) is 6.07 Å². The lowest BCUT2D eigenvalue weighted by Crippen LogP contribution is -2.31. The summed E-state index contributed by atoms with van der Waals surface area (Å²) in [6, 6.07) is 14.1. The molecule has 1 heterocycles. The number of carbonyl (C=O) groups is 2. The van der Waals surface area contributed by atoms with Crippen molar-refractivity contribution in [1.82, 2.24) is 10.5 Å². The Hall–Kier alpha value is -3.15. The van der Waals surface area contributed by atoms with Gasteiger partial charge in [-0.1, -0.05) is 47.1 Å². The summed E-state index contributed by atoms with van der Waals surface area (Å²) in [4.78, 5) is 23.5. The number of aromatic nitrogens is 1. The van der Waals surface area contributed by atoms with E-state index < -0.39 is 12.0 Å². The van der Waals surface area contributed by atoms with Crippen LogP contribution in [0.5, 0.6) is 0 Å². The second-order valence-corrected chi connectivity index (χ2v) is 5.93. The van der Waals surface area contributed by atoms with Gasteiger partial charge >= 0.3 is 5.97 Å².